The van der Waals surface area contributed by atoms with Crippen molar-refractivity contribution in [1.82, 2.24) is 4.72 Å². The molecule has 5 nitrogen and oxygen atoms in total. The van der Waals surface area contributed by atoms with E-state index in [9.17, 15) is 26.4 Å². The molecule has 166 valence electrons. The standard InChI is InChI=1S/C21H26F3NO4S/c1-14-20(23)16(13-17(22)21(14)24)11-12-30(28,29)25-18-9-6-8-15(18)7-4-2-3-5-10-19(26)27/h2,4,11-13,15,18,25H,3,5-10H2,1H3,(H,26,27). The predicted octanol–water partition coefficient (Wildman–Crippen LogP) is 4.67. The summed E-state index contributed by atoms with van der Waals surface area (Å²) in [6.45, 7) is 1.08. The Hall–Kier alpha value is -2.13. The summed E-state index contributed by atoms with van der Waals surface area (Å²) in [5.41, 5.74) is -0.852. The summed E-state index contributed by atoms with van der Waals surface area (Å²) in [5, 5.41) is 9.37. The fraction of sp³-hybridized carbons (Fsp3) is 0.476. The molecule has 1 aromatic carbocycles. The number of hydrogen-bond donors (Lipinski definition) is 2. The molecule has 0 spiro atoms. The molecule has 0 saturated heterocycles. The first-order valence-corrected chi connectivity index (χ1v) is 11.4. The Bertz CT molecular complexity index is 929. The van der Waals surface area contributed by atoms with Crippen molar-refractivity contribution in [2.75, 3.05) is 0 Å². The largest absolute Gasteiger partial charge is 0.481 e. The number of aliphatic carboxylic acids is 1. The molecule has 1 aliphatic carbocycles. The Morgan fingerprint density at radius 1 is 1.23 bits per heavy atom. The normalized spacial score (nSPS) is 19.9. The van der Waals surface area contributed by atoms with Gasteiger partial charge in [-0.2, -0.15) is 0 Å². The van der Waals surface area contributed by atoms with Gasteiger partial charge in [-0.25, -0.2) is 26.3 Å². The van der Waals surface area contributed by atoms with Gasteiger partial charge in [-0.1, -0.05) is 18.6 Å². The summed E-state index contributed by atoms with van der Waals surface area (Å²) in [6, 6.07) is 0.344. The van der Waals surface area contributed by atoms with E-state index in [1.54, 1.807) is 0 Å². The second-order valence-corrected chi connectivity index (χ2v) is 9.05. The van der Waals surface area contributed by atoms with Crippen LogP contribution in [0.2, 0.25) is 0 Å². The number of sulfonamides is 1. The number of halogens is 3. The van der Waals surface area contributed by atoms with Crippen molar-refractivity contribution in [2.45, 2.75) is 57.9 Å². The van der Waals surface area contributed by atoms with Gasteiger partial charge in [0.2, 0.25) is 10.0 Å². The zero-order valence-electron chi connectivity index (χ0n) is 16.7. The first kappa shape index (κ1) is 24.1. The molecule has 30 heavy (non-hydrogen) atoms. The molecule has 1 saturated carbocycles. The highest BCUT2D eigenvalue weighted by Crippen LogP contribution is 2.29. The highest BCUT2D eigenvalue weighted by molar-refractivity contribution is 7.92. The Morgan fingerprint density at radius 2 is 1.97 bits per heavy atom. The molecule has 0 bridgehead atoms. The third-order valence-corrected chi connectivity index (χ3v) is 6.30. The molecular formula is C21H26F3NO4S. The number of carboxylic acids is 1. The molecule has 9 heteroatoms. The fourth-order valence-corrected chi connectivity index (χ4v) is 4.66. The van der Waals surface area contributed by atoms with Crippen LogP contribution < -0.4 is 4.72 Å². The van der Waals surface area contributed by atoms with Crippen molar-refractivity contribution >= 4 is 22.1 Å². The molecule has 0 heterocycles. The molecule has 2 rings (SSSR count). The monoisotopic (exact) mass is 445 g/mol. The van der Waals surface area contributed by atoms with Crippen LogP contribution >= 0.6 is 0 Å². The Kier molecular flexibility index (Phi) is 8.66. The Labute approximate surface area is 174 Å². The number of benzene rings is 1. The highest BCUT2D eigenvalue weighted by atomic mass is 32.2. The van der Waals surface area contributed by atoms with Gasteiger partial charge >= 0.3 is 5.97 Å². The Morgan fingerprint density at radius 3 is 2.67 bits per heavy atom. The molecule has 2 N–H and O–H groups in total. The second-order valence-electron chi connectivity index (χ2n) is 7.46. The van der Waals surface area contributed by atoms with E-state index < -0.39 is 39.0 Å². The fourth-order valence-electron chi connectivity index (χ4n) is 3.52. The van der Waals surface area contributed by atoms with Crippen LogP contribution in [0.4, 0.5) is 13.2 Å². The lowest BCUT2D eigenvalue weighted by molar-refractivity contribution is -0.137. The van der Waals surface area contributed by atoms with Gasteiger partial charge < -0.3 is 5.11 Å². The molecule has 1 fully saturated rings. The molecule has 1 aliphatic rings. The minimum absolute atomic E-state index is 0.103. The van der Waals surface area contributed by atoms with Gasteiger partial charge in [0.25, 0.3) is 0 Å². The zero-order chi connectivity index (χ0) is 22.3. The smallest absolute Gasteiger partial charge is 0.303 e. The average molecular weight is 446 g/mol. The van der Waals surface area contributed by atoms with Gasteiger partial charge in [0, 0.05) is 29.0 Å². The van der Waals surface area contributed by atoms with Gasteiger partial charge in [-0.05, 0) is 57.1 Å². The number of nitrogens with one attached hydrogen (secondary N) is 1. The summed E-state index contributed by atoms with van der Waals surface area (Å²) < 4.78 is 68.2. The van der Waals surface area contributed by atoms with Crippen LogP contribution in [0.1, 0.15) is 56.1 Å². The molecule has 1 aromatic rings. The lowest BCUT2D eigenvalue weighted by Crippen LogP contribution is -2.36. The van der Waals surface area contributed by atoms with E-state index in [1.165, 1.54) is 0 Å². The molecule has 0 radical (unpaired) electrons. The first-order valence-electron chi connectivity index (χ1n) is 9.82. The van der Waals surface area contributed by atoms with Crippen molar-refractivity contribution in [3.05, 3.63) is 52.2 Å². The Balaban J connectivity index is 1.96. The minimum Gasteiger partial charge on any atom is -0.481 e. The third-order valence-electron chi connectivity index (χ3n) is 5.17. The minimum atomic E-state index is -3.90. The van der Waals surface area contributed by atoms with Crippen LogP contribution in [0.5, 0.6) is 0 Å². The topological polar surface area (TPSA) is 83.5 Å². The van der Waals surface area contributed by atoms with Crippen LogP contribution in [0.15, 0.2) is 23.6 Å². The van der Waals surface area contributed by atoms with Crippen molar-refractivity contribution in [3.63, 3.8) is 0 Å². The van der Waals surface area contributed by atoms with Crippen LogP contribution in [0.25, 0.3) is 6.08 Å². The second kappa shape index (κ2) is 10.8. The number of rotatable bonds is 10. The first-order chi connectivity index (χ1) is 14.1. The maximum atomic E-state index is 14.0. The van der Waals surface area contributed by atoms with Crippen LogP contribution in [0, 0.1) is 30.3 Å². The number of hydrogen-bond acceptors (Lipinski definition) is 3. The molecular weight excluding hydrogens is 419 g/mol. The van der Waals surface area contributed by atoms with E-state index in [1.807, 2.05) is 12.2 Å². The maximum Gasteiger partial charge on any atom is 0.303 e. The predicted molar refractivity (Wildman–Crippen MR) is 109 cm³/mol. The van der Waals surface area contributed by atoms with Crippen molar-refractivity contribution in [2.24, 2.45) is 5.92 Å². The van der Waals surface area contributed by atoms with Gasteiger partial charge in [0.15, 0.2) is 11.6 Å². The van der Waals surface area contributed by atoms with Gasteiger partial charge in [-0.3, -0.25) is 4.79 Å². The lowest BCUT2D eigenvalue weighted by Gasteiger charge is -2.18. The van der Waals surface area contributed by atoms with E-state index in [0.29, 0.717) is 31.7 Å². The molecule has 0 amide bonds. The van der Waals surface area contributed by atoms with Gasteiger partial charge in [0.05, 0.1) is 0 Å². The van der Waals surface area contributed by atoms with Gasteiger partial charge in [0.1, 0.15) is 5.82 Å². The van der Waals surface area contributed by atoms with Crippen LogP contribution in [-0.2, 0) is 14.8 Å². The average Bonchev–Trinajstić information content (AvgIpc) is 3.10. The van der Waals surface area contributed by atoms with E-state index >= 15 is 0 Å². The quantitative estimate of drug-likeness (QED) is 0.311. The number of carbonyl (C=O) groups is 1. The summed E-state index contributed by atoms with van der Waals surface area (Å²) in [5.74, 6) is -4.28. The van der Waals surface area contributed by atoms with E-state index in [2.05, 4.69) is 4.72 Å². The SMILES string of the molecule is Cc1c(F)c(F)cc(C=CS(=O)(=O)NC2CCCC2CC=CCCCC(=O)O)c1F. The highest BCUT2D eigenvalue weighted by Gasteiger charge is 2.29. The molecule has 0 aromatic heterocycles. The molecule has 0 aliphatic heterocycles. The maximum absolute atomic E-state index is 14.0. The van der Waals surface area contributed by atoms with Crippen molar-refractivity contribution in [1.29, 1.82) is 0 Å². The van der Waals surface area contributed by atoms with Gasteiger partial charge in [-0.15, -0.1) is 0 Å². The van der Waals surface area contributed by atoms with E-state index in [-0.39, 0.29) is 23.9 Å². The summed E-state index contributed by atoms with van der Waals surface area (Å²) in [6.07, 6.45) is 9.13. The van der Waals surface area contributed by atoms with E-state index in [0.717, 1.165) is 31.2 Å². The number of carboxylic acid groups (broad SMARTS) is 1. The number of unbranched alkanes of at least 4 members (excludes halogenated alkanes) is 1. The summed E-state index contributed by atoms with van der Waals surface area (Å²) >= 11 is 0. The van der Waals surface area contributed by atoms with Crippen LogP contribution in [-0.4, -0.2) is 25.5 Å². The van der Waals surface area contributed by atoms with Crippen molar-refractivity contribution < 1.29 is 31.5 Å². The molecule has 2 unspecified atom stereocenters. The number of allylic oxidation sites excluding steroid dienone is 2. The van der Waals surface area contributed by atoms with Crippen molar-refractivity contribution in [3.8, 4) is 0 Å². The van der Waals surface area contributed by atoms with Crippen LogP contribution in [0.3, 0.4) is 0 Å². The third kappa shape index (κ3) is 6.98. The summed E-state index contributed by atoms with van der Waals surface area (Å²) in [7, 11) is -3.90. The zero-order valence-corrected chi connectivity index (χ0v) is 17.5. The van der Waals surface area contributed by atoms with E-state index in [4.69, 9.17) is 5.11 Å². The lowest BCUT2D eigenvalue weighted by atomic mass is 10.00. The summed E-state index contributed by atoms with van der Waals surface area (Å²) in [4.78, 5) is 10.5. The molecule has 2 atom stereocenters.